The number of aromatic amines is 1. The fourth-order valence-corrected chi connectivity index (χ4v) is 0.579. The van der Waals surface area contributed by atoms with E-state index in [9.17, 15) is 0 Å². The summed E-state index contributed by atoms with van der Waals surface area (Å²) in [7, 11) is 0. The highest BCUT2D eigenvalue weighted by Crippen LogP contribution is 1.99. The molecule has 0 bridgehead atoms. The summed E-state index contributed by atoms with van der Waals surface area (Å²) < 4.78 is 0. The standard InChI is InChI=1S/C4H5ClN2/c1-3-2-6-4(5)7-3/h2H,1H3,(H,6,7). The molecule has 0 unspecified atom stereocenters. The van der Waals surface area contributed by atoms with Gasteiger partial charge in [-0.05, 0) is 18.5 Å². The predicted octanol–water partition coefficient (Wildman–Crippen LogP) is 1.37. The van der Waals surface area contributed by atoms with Crippen LogP contribution in [0.15, 0.2) is 6.20 Å². The van der Waals surface area contributed by atoms with E-state index < -0.39 is 0 Å². The number of imidazole rings is 1. The van der Waals surface area contributed by atoms with Crippen molar-refractivity contribution >= 4 is 11.6 Å². The molecule has 0 aliphatic heterocycles. The van der Waals surface area contributed by atoms with Gasteiger partial charge in [0.15, 0.2) is 5.28 Å². The third-order valence-corrected chi connectivity index (χ3v) is 0.864. The number of rotatable bonds is 0. The number of aryl methyl sites for hydroxylation is 1. The molecule has 0 atom stereocenters. The van der Waals surface area contributed by atoms with Crippen LogP contribution in [0.4, 0.5) is 0 Å². The summed E-state index contributed by atoms with van der Waals surface area (Å²) in [6.07, 6.45) is 1.68. The van der Waals surface area contributed by atoms with Gasteiger partial charge in [0.05, 0.1) is 0 Å². The topological polar surface area (TPSA) is 28.7 Å². The molecule has 0 aliphatic rings. The Hall–Kier alpha value is -0.500. The molecule has 0 aliphatic carbocycles. The minimum absolute atomic E-state index is 0.456. The summed E-state index contributed by atoms with van der Waals surface area (Å²) >= 11 is 5.39. The number of aromatic nitrogens is 2. The maximum Gasteiger partial charge on any atom is 0.200 e. The second-order valence-electron chi connectivity index (χ2n) is 1.36. The molecule has 0 saturated carbocycles. The zero-order chi connectivity index (χ0) is 5.28. The van der Waals surface area contributed by atoms with E-state index in [0.717, 1.165) is 5.69 Å². The first kappa shape index (κ1) is 4.65. The second kappa shape index (κ2) is 1.54. The van der Waals surface area contributed by atoms with Crippen LogP contribution in [0, 0.1) is 6.92 Å². The van der Waals surface area contributed by atoms with Crippen molar-refractivity contribution in [1.29, 1.82) is 0 Å². The van der Waals surface area contributed by atoms with E-state index in [4.69, 9.17) is 11.6 Å². The van der Waals surface area contributed by atoms with Crippen molar-refractivity contribution in [2.75, 3.05) is 0 Å². The molecule has 1 rings (SSSR count). The van der Waals surface area contributed by atoms with Crippen LogP contribution in [0.1, 0.15) is 5.69 Å². The number of nitrogens with zero attached hydrogens (tertiary/aromatic N) is 1. The van der Waals surface area contributed by atoms with Crippen LogP contribution in [0.2, 0.25) is 5.28 Å². The first-order chi connectivity index (χ1) is 3.29. The van der Waals surface area contributed by atoms with Gasteiger partial charge in [-0.3, -0.25) is 0 Å². The summed E-state index contributed by atoms with van der Waals surface area (Å²) in [4.78, 5) is 6.52. The van der Waals surface area contributed by atoms with Crippen LogP contribution < -0.4 is 0 Å². The highest BCUT2D eigenvalue weighted by Gasteiger charge is 1.86. The van der Waals surface area contributed by atoms with Gasteiger partial charge < -0.3 is 4.98 Å². The summed E-state index contributed by atoms with van der Waals surface area (Å²) in [5, 5.41) is 0.456. The highest BCUT2D eigenvalue weighted by molar-refractivity contribution is 6.28. The molecule has 0 saturated heterocycles. The van der Waals surface area contributed by atoms with Crippen molar-refractivity contribution in [3.8, 4) is 0 Å². The number of nitrogens with one attached hydrogen (secondary N) is 1. The van der Waals surface area contributed by atoms with Crippen molar-refractivity contribution in [1.82, 2.24) is 9.97 Å². The van der Waals surface area contributed by atoms with E-state index in [1.54, 1.807) is 6.20 Å². The maximum absolute atomic E-state index is 5.39. The predicted molar refractivity (Wildman–Crippen MR) is 28.3 cm³/mol. The Bertz CT molecular complexity index is 142. The Kier molecular flexibility index (Phi) is 1.02. The number of hydrogen-bond donors (Lipinski definition) is 1. The molecule has 1 N–H and O–H groups in total. The lowest BCUT2D eigenvalue weighted by atomic mass is 10.6. The third-order valence-electron chi connectivity index (χ3n) is 0.672. The third kappa shape index (κ3) is 0.933. The minimum atomic E-state index is 0.456. The van der Waals surface area contributed by atoms with Crippen molar-refractivity contribution in [2.45, 2.75) is 6.92 Å². The molecule has 0 fully saturated rings. The van der Waals surface area contributed by atoms with Crippen molar-refractivity contribution < 1.29 is 0 Å². The zero-order valence-corrected chi connectivity index (χ0v) is 4.66. The Labute approximate surface area is 46.5 Å². The summed E-state index contributed by atoms with van der Waals surface area (Å²) in [6.45, 7) is 1.90. The molecule has 38 valence electrons. The van der Waals surface area contributed by atoms with Gasteiger partial charge in [-0.1, -0.05) is 0 Å². The monoisotopic (exact) mass is 116 g/mol. The normalized spacial score (nSPS) is 9.43. The fourth-order valence-electron chi connectivity index (χ4n) is 0.381. The molecule has 2 nitrogen and oxygen atoms in total. The summed E-state index contributed by atoms with van der Waals surface area (Å²) in [6, 6.07) is 0. The van der Waals surface area contributed by atoms with Crippen molar-refractivity contribution in [3.05, 3.63) is 17.2 Å². The van der Waals surface area contributed by atoms with Crippen LogP contribution in [0.25, 0.3) is 0 Å². The summed E-state index contributed by atoms with van der Waals surface area (Å²) in [5.41, 5.74) is 0.991. The first-order valence-electron chi connectivity index (χ1n) is 1.96. The molecule has 1 aromatic rings. The number of H-pyrrole nitrogens is 1. The van der Waals surface area contributed by atoms with Crippen LogP contribution in [0.5, 0.6) is 0 Å². The average molecular weight is 117 g/mol. The molecule has 7 heavy (non-hydrogen) atoms. The first-order valence-corrected chi connectivity index (χ1v) is 2.34. The highest BCUT2D eigenvalue weighted by atomic mass is 35.5. The van der Waals surface area contributed by atoms with Gasteiger partial charge in [0.1, 0.15) is 0 Å². The van der Waals surface area contributed by atoms with E-state index in [2.05, 4.69) is 9.97 Å². The maximum atomic E-state index is 5.39. The van der Waals surface area contributed by atoms with E-state index in [1.165, 1.54) is 0 Å². The molecular formula is C4H5ClN2. The SMILES string of the molecule is Cc1cnc(Cl)[nH]1. The fraction of sp³-hybridized carbons (Fsp3) is 0.250. The van der Waals surface area contributed by atoms with Crippen molar-refractivity contribution in [3.63, 3.8) is 0 Å². The molecule has 0 radical (unpaired) electrons. The molecule has 3 heteroatoms. The smallest absolute Gasteiger partial charge is 0.200 e. The van der Waals surface area contributed by atoms with Gasteiger partial charge in [0, 0.05) is 11.9 Å². The minimum Gasteiger partial charge on any atom is -0.333 e. The second-order valence-corrected chi connectivity index (χ2v) is 1.72. The molecule has 1 heterocycles. The van der Waals surface area contributed by atoms with E-state index in [1.807, 2.05) is 6.92 Å². The van der Waals surface area contributed by atoms with Gasteiger partial charge in [-0.25, -0.2) is 4.98 Å². The molecule has 0 amide bonds. The Morgan fingerprint density at radius 1 is 1.86 bits per heavy atom. The van der Waals surface area contributed by atoms with E-state index >= 15 is 0 Å². The van der Waals surface area contributed by atoms with Gasteiger partial charge in [0.25, 0.3) is 0 Å². The van der Waals surface area contributed by atoms with Crippen LogP contribution in [0.3, 0.4) is 0 Å². The quantitative estimate of drug-likeness (QED) is 0.545. The van der Waals surface area contributed by atoms with Crippen LogP contribution >= 0.6 is 11.6 Å². The largest absolute Gasteiger partial charge is 0.333 e. The zero-order valence-electron chi connectivity index (χ0n) is 3.90. The molecule has 0 aromatic carbocycles. The Balaban J connectivity index is 3.04. The van der Waals surface area contributed by atoms with Crippen LogP contribution in [-0.2, 0) is 0 Å². The number of hydrogen-bond acceptors (Lipinski definition) is 1. The molecule has 1 aromatic heterocycles. The lowest BCUT2D eigenvalue weighted by molar-refractivity contribution is 1.25. The van der Waals surface area contributed by atoms with Gasteiger partial charge >= 0.3 is 0 Å². The van der Waals surface area contributed by atoms with Gasteiger partial charge in [-0.2, -0.15) is 0 Å². The molecule has 0 spiro atoms. The molecular weight excluding hydrogens is 112 g/mol. The Morgan fingerprint density at radius 3 is 2.71 bits per heavy atom. The Morgan fingerprint density at radius 2 is 2.57 bits per heavy atom. The van der Waals surface area contributed by atoms with Crippen molar-refractivity contribution in [2.24, 2.45) is 0 Å². The van der Waals surface area contributed by atoms with Gasteiger partial charge in [-0.15, -0.1) is 0 Å². The summed E-state index contributed by atoms with van der Waals surface area (Å²) in [5.74, 6) is 0. The van der Waals surface area contributed by atoms with E-state index in [-0.39, 0.29) is 0 Å². The van der Waals surface area contributed by atoms with E-state index in [0.29, 0.717) is 5.28 Å². The van der Waals surface area contributed by atoms with Crippen LogP contribution in [-0.4, -0.2) is 9.97 Å². The average Bonchev–Trinajstić information content (AvgIpc) is 1.87. The lowest BCUT2D eigenvalue weighted by Crippen LogP contribution is -1.63. The lowest BCUT2D eigenvalue weighted by Gasteiger charge is -1.72. The number of halogens is 1. The van der Waals surface area contributed by atoms with Gasteiger partial charge in [0.2, 0.25) is 0 Å².